The maximum absolute atomic E-state index is 5.10. The molecular formula is C65H54N2. The zero-order valence-electron chi connectivity index (χ0n) is 38.4. The second kappa shape index (κ2) is 18.6. The number of allylic oxidation sites excluding steroid dienone is 11. The molecule has 0 bridgehead atoms. The van der Waals surface area contributed by atoms with Crippen molar-refractivity contribution in [1.82, 2.24) is 9.38 Å². The molecule has 3 aliphatic rings. The van der Waals surface area contributed by atoms with E-state index in [-0.39, 0.29) is 5.92 Å². The van der Waals surface area contributed by atoms with Gasteiger partial charge < -0.3 is 0 Å². The Morgan fingerprint density at radius 1 is 0.672 bits per heavy atom. The number of rotatable bonds is 9. The molecule has 0 fully saturated rings. The summed E-state index contributed by atoms with van der Waals surface area (Å²) < 4.78 is 2.21. The number of imidazole rings is 1. The Balaban J connectivity index is 0.948. The van der Waals surface area contributed by atoms with Crippen molar-refractivity contribution in [2.24, 2.45) is 5.92 Å². The third-order valence-corrected chi connectivity index (χ3v) is 14.2. The van der Waals surface area contributed by atoms with Crippen molar-refractivity contribution in [2.75, 3.05) is 0 Å². The second-order valence-corrected chi connectivity index (χ2v) is 18.3. The molecule has 0 radical (unpaired) electrons. The highest BCUT2D eigenvalue weighted by Crippen LogP contribution is 2.41. The molecular weight excluding hydrogens is 809 g/mol. The molecule has 67 heavy (non-hydrogen) atoms. The average Bonchev–Trinajstić information content (AvgIpc) is 3.77. The fourth-order valence-electron chi connectivity index (χ4n) is 10.4. The van der Waals surface area contributed by atoms with Gasteiger partial charge in [0, 0.05) is 28.8 Å². The summed E-state index contributed by atoms with van der Waals surface area (Å²) in [6.45, 7) is 4.56. The SMILES string of the molecule is C/C(=C(\C/C=C1/C=CC=CC1C)c1ccccc1)c1ccc(C2=C=CC/C(c3ccc(-c4c(-c5ccccc5)nc5ccccn45)cc3)=C\C(c3ccc4c(c3)CCc3ccccc3-4)C2)cc1. The Morgan fingerprint density at radius 2 is 1.39 bits per heavy atom. The van der Waals surface area contributed by atoms with Gasteiger partial charge in [-0.05, 0) is 136 Å². The van der Waals surface area contributed by atoms with Crippen LogP contribution in [0.15, 0.2) is 230 Å². The lowest BCUT2D eigenvalue weighted by atomic mass is 9.80. The van der Waals surface area contributed by atoms with Gasteiger partial charge in [0.2, 0.25) is 0 Å². The fourth-order valence-corrected chi connectivity index (χ4v) is 10.4. The van der Waals surface area contributed by atoms with E-state index in [1.807, 2.05) is 0 Å². The van der Waals surface area contributed by atoms with Gasteiger partial charge in [-0.3, -0.25) is 4.40 Å². The maximum Gasteiger partial charge on any atom is 0.137 e. The highest BCUT2D eigenvalue weighted by Gasteiger charge is 2.22. The Morgan fingerprint density at radius 3 is 2.21 bits per heavy atom. The lowest BCUT2D eigenvalue weighted by Gasteiger charge is -2.24. The number of fused-ring (bicyclic) bond motifs is 4. The summed E-state index contributed by atoms with van der Waals surface area (Å²) in [7, 11) is 0. The maximum atomic E-state index is 5.10. The van der Waals surface area contributed by atoms with Crippen LogP contribution < -0.4 is 0 Å². The molecule has 3 aliphatic carbocycles. The predicted molar refractivity (Wildman–Crippen MR) is 282 cm³/mol. The molecule has 2 heterocycles. The molecule has 0 saturated carbocycles. The van der Waals surface area contributed by atoms with Crippen LogP contribution >= 0.6 is 0 Å². The molecule has 324 valence electrons. The summed E-state index contributed by atoms with van der Waals surface area (Å²) in [5.41, 5.74) is 27.8. The molecule has 0 amide bonds. The molecule has 2 heteroatoms. The van der Waals surface area contributed by atoms with Crippen LogP contribution in [0.5, 0.6) is 0 Å². The van der Waals surface area contributed by atoms with Crippen LogP contribution in [0.2, 0.25) is 0 Å². The van der Waals surface area contributed by atoms with Crippen LogP contribution in [0.3, 0.4) is 0 Å². The zero-order valence-corrected chi connectivity index (χ0v) is 38.4. The standard InChI is InChI=1S/C65H54N2/c1-45-16-9-10-17-47(45)37-39-60(51-18-5-3-6-19-51)46(2)48-27-29-49(30-28-48)55-23-15-24-56(44-59(43-55)57-38-40-62-58(42-57)36-33-52-20-11-12-25-61(52)62)50-31-34-54(35-32-50)65-64(53-21-7-4-8-22-53)66-63-26-13-14-41-67(63)65/h3-22,25-32,34-35,37-38,40-42,44-45,59H,24,33,36,39,43H2,1-2H3/b47-37-,56-44+,60-46-. The molecule has 6 aromatic carbocycles. The average molecular weight is 863 g/mol. The van der Waals surface area contributed by atoms with Crippen LogP contribution in [0.4, 0.5) is 0 Å². The minimum absolute atomic E-state index is 0.168. The van der Waals surface area contributed by atoms with Gasteiger partial charge >= 0.3 is 0 Å². The van der Waals surface area contributed by atoms with E-state index in [9.17, 15) is 0 Å². The van der Waals surface area contributed by atoms with E-state index in [1.165, 1.54) is 77.9 Å². The number of benzene rings is 6. The minimum atomic E-state index is 0.168. The summed E-state index contributed by atoms with van der Waals surface area (Å²) >= 11 is 0. The van der Waals surface area contributed by atoms with E-state index in [4.69, 9.17) is 4.98 Å². The van der Waals surface area contributed by atoms with Crippen LogP contribution in [0.1, 0.15) is 78.0 Å². The van der Waals surface area contributed by atoms with E-state index >= 15 is 0 Å². The first-order chi connectivity index (χ1) is 33.0. The van der Waals surface area contributed by atoms with Crippen LogP contribution in [-0.2, 0) is 12.8 Å². The second-order valence-electron chi connectivity index (χ2n) is 18.3. The van der Waals surface area contributed by atoms with Gasteiger partial charge in [0.1, 0.15) is 5.65 Å². The summed E-state index contributed by atoms with van der Waals surface area (Å²) in [4.78, 5) is 5.10. The molecule has 0 N–H and O–H groups in total. The van der Waals surface area contributed by atoms with Gasteiger partial charge in [0.15, 0.2) is 0 Å². The Bertz CT molecular complexity index is 3340. The monoisotopic (exact) mass is 862 g/mol. The van der Waals surface area contributed by atoms with Gasteiger partial charge in [-0.25, -0.2) is 4.98 Å². The molecule has 0 spiro atoms. The Labute approximate surface area is 395 Å². The Kier molecular flexibility index (Phi) is 11.6. The number of pyridine rings is 1. The van der Waals surface area contributed by atoms with E-state index in [0.717, 1.165) is 60.3 Å². The van der Waals surface area contributed by atoms with Crippen molar-refractivity contribution in [3.63, 3.8) is 0 Å². The van der Waals surface area contributed by atoms with E-state index < -0.39 is 0 Å². The van der Waals surface area contributed by atoms with Crippen LogP contribution in [-0.4, -0.2) is 9.38 Å². The van der Waals surface area contributed by atoms with Crippen LogP contribution in [0, 0.1) is 5.92 Å². The molecule has 0 saturated heterocycles. The number of hydrogen-bond donors (Lipinski definition) is 0. The quantitative estimate of drug-likeness (QED) is 0.104. The Hall–Kier alpha value is -7.77. The van der Waals surface area contributed by atoms with Crippen LogP contribution in [0.25, 0.3) is 61.6 Å². The minimum Gasteiger partial charge on any atom is -0.299 e. The molecule has 8 aromatic rings. The largest absolute Gasteiger partial charge is 0.299 e. The summed E-state index contributed by atoms with van der Waals surface area (Å²) in [6, 6.07) is 62.3. The van der Waals surface area contributed by atoms with Gasteiger partial charge in [-0.15, -0.1) is 5.73 Å². The van der Waals surface area contributed by atoms with Crippen molar-refractivity contribution in [2.45, 2.75) is 51.9 Å². The normalized spacial score (nSPS) is 18.3. The summed E-state index contributed by atoms with van der Waals surface area (Å²) in [5, 5.41) is 0. The topological polar surface area (TPSA) is 17.3 Å². The fraction of sp³-hybridized carbons (Fsp3) is 0.138. The van der Waals surface area contributed by atoms with Crippen molar-refractivity contribution in [3.05, 3.63) is 269 Å². The lowest BCUT2D eigenvalue weighted by molar-refractivity contribution is 0.862. The number of hydrogen-bond acceptors (Lipinski definition) is 1. The predicted octanol–water partition coefficient (Wildman–Crippen LogP) is 16.6. The third-order valence-electron chi connectivity index (χ3n) is 14.2. The highest BCUT2D eigenvalue weighted by atomic mass is 15.0. The third kappa shape index (κ3) is 8.61. The van der Waals surface area contributed by atoms with Crippen molar-refractivity contribution in [1.29, 1.82) is 0 Å². The first-order valence-electron chi connectivity index (χ1n) is 23.9. The zero-order chi connectivity index (χ0) is 45.1. The van der Waals surface area contributed by atoms with E-state index in [1.54, 1.807) is 0 Å². The van der Waals surface area contributed by atoms with Gasteiger partial charge in [0.25, 0.3) is 0 Å². The first kappa shape index (κ1) is 41.9. The van der Waals surface area contributed by atoms with Crippen molar-refractivity contribution >= 4 is 27.9 Å². The number of aryl methyl sites for hydroxylation is 2. The molecule has 2 aromatic heterocycles. The smallest absolute Gasteiger partial charge is 0.137 e. The number of aromatic nitrogens is 2. The molecule has 0 aliphatic heterocycles. The molecule has 2 nitrogen and oxygen atoms in total. The van der Waals surface area contributed by atoms with Gasteiger partial charge in [0.05, 0.1) is 11.4 Å². The molecule has 2 atom stereocenters. The first-order valence-corrected chi connectivity index (χ1v) is 23.9. The van der Waals surface area contributed by atoms with Gasteiger partial charge in [-0.2, -0.15) is 0 Å². The highest BCUT2D eigenvalue weighted by molar-refractivity contribution is 5.91. The van der Waals surface area contributed by atoms with Gasteiger partial charge in [-0.1, -0.05) is 201 Å². The van der Waals surface area contributed by atoms with E-state index in [0.29, 0.717) is 5.92 Å². The molecule has 2 unspecified atom stereocenters. The summed E-state index contributed by atoms with van der Waals surface area (Å²) in [6.07, 6.45) is 22.8. The number of nitrogens with zero attached hydrogens (tertiary/aromatic N) is 2. The molecule has 11 rings (SSSR count). The van der Waals surface area contributed by atoms with E-state index in [2.05, 4.69) is 243 Å². The van der Waals surface area contributed by atoms with Crippen molar-refractivity contribution < 1.29 is 0 Å². The lowest BCUT2D eigenvalue weighted by Crippen LogP contribution is -2.07. The summed E-state index contributed by atoms with van der Waals surface area (Å²) in [5.74, 6) is 0.588. The van der Waals surface area contributed by atoms with Crippen molar-refractivity contribution in [3.8, 4) is 33.6 Å².